The summed E-state index contributed by atoms with van der Waals surface area (Å²) in [4.78, 5) is 3.48. The Morgan fingerprint density at radius 2 is 1.92 bits per heavy atom. The molecule has 2 N–H and O–H groups in total. The third-order valence-electron chi connectivity index (χ3n) is 1.20. The van der Waals surface area contributed by atoms with Crippen molar-refractivity contribution in [2.75, 3.05) is 5.73 Å². The maximum absolute atomic E-state index is 12.1. The fraction of sp³-hybridized carbons (Fsp3) is 0.167. The summed E-state index contributed by atoms with van der Waals surface area (Å²) in [6, 6.07) is 2.18. The SMILES string of the molecule is Nc1nc(I)ccc1C(F)(F)F. The molecule has 0 atom stereocenters. The number of rotatable bonds is 0. The topological polar surface area (TPSA) is 38.9 Å². The minimum Gasteiger partial charge on any atom is -0.383 e. The van der Waals surface area contributed by atoms with Crippen LogP contribution in [0.1, 0.15) is 5.56 Å². The third-order valence-corrected chi connectivity index (χ3v) is 1.80. The zero-order valence-corrected chi connectivity index (χ0v) is 7.85. The number of anilines is 1. The van der Waals surface area contributed by atoms with Crippen molar-refractivity contribution in [1.82, 2.24) is 4.98 Å². The Labute approximate surface area is 80.1 Å². The van der Waals surface area contributed by atoms with Gasteiger partial charge in [-0.1, -0.05) is 0 Å². The maximum atomic E-state index is 12.1. The van der Waals surface area contributed by atoms with E-state index in [0.717, 1.165) is 6.07 Å². The molecule has 2 nitrogen and oxygen atoms in total. The molecule has 66 valence electrons. The third kappa shape index (κ3) is 1.99. The van der Waals surface area contributed by atoms with Crippen LogP contribution in [-0.4, -0.2) is 4.98 Å². The van der Waals surface area contributed by atoms with Crippen LogP contribution in [0.25, 0.3) is 0 Å². The standard InChI is InChI=1S/C6H4F3IN2/c7-6(8,9)3-1-2-4(10)12-5(3)11/h1-2H,(H2,11,12). The highest BCUT2D eigenvalue weighted by Gasteiger charge is 2.33. The molecule has 0 radical (unpaired) electrons. The van der Waals surface area contributed by atoms with Crippen LogP contribution in [0.3, 0.4) is 0 Å². The summed E-state index contributed by atoms with van der Waals surface area (Å²) < 4.78 is 36.6. The van der Waals surface area contributed by atoms with Crippen molar-refractivity contribution in [3.05, 3.63) is 21.4 Å². The molecule has 0 saturated carbocycles. The van der Waals surface area contributed by atoms with Gasteiger partial charge >= 0.3 is 6.18 Å². The maximum Gasteiger partial charge on any atom is 0.419 e. The van der Waals surface area contributed by atoms with E-state index in [1.54, 1.807) is 22.6 Å². The minimum absolute atomic E-state index is 0.443. The van der Waals surface area contributed by atoms with E-state index in [0.29, 0.717) is 3.70 Å². The number of aromatic nitrogens is 1. The van der Waals surface area contributed by atoms with Crippen LogP contribution in [-0.2, 0) is 6.18 Å². The van der Waals surface area contributed by atoms with Crippen LogP contribution in [0, 0.1) is 3.70 Å². The van der Waals surface area contributed by atoms with E-state index >= 15 is 0 Å². The van der Waals surface area contributed by atoms with Gasteiger partial charge in [0, 0.05) is 0 Å². The first-order valence-electron chi connectivity index (χ1n) is 2.90. The molecule has 1 heterocycles. The molecule has 0 fully saturated rings. The van der Waals surface area contributed by atoms with Crippen molar-refractivity contribution in [3.8, 4) is 0 Å². The monoisotopic (exact) mass is 288 g/mol. The smallest absolute Gasteiger partial charge is 0.383 e. The Morgan fingerprint density at radius 3 is 2.33 bits per heavy atom. The summed E-state index contributed by atoms with van der Waals surface area (Å²) >= 11 is 1.79. The summed E-state index contributed by atoms with van der Waals surface area (Å²) in [6.07, 6.45) is -4.42. The lowest BCUT2D eigenvalue weighted by molar-refractivity contribution is -0.137. The van der Waals surface area contributed by atoms with E-state index in [4.69, 9.17) is 5.73 Å². The summed E-state index contributed by atoms with van der Waals surface area (Å²) in [5.74, 6) is -0.477. The van der Waals surface area contributed by atoms with E-state index in [-0.39, 0.29) is 0 Å². The predicted octanol–water partition coefficient (Wildman–Crippen LogP) is 2.29. The number of pyridine rings is 1. The second kappa shape index (κ2) is 3.08. The average molecular weight is 288 g/mol. The summed E-state index contributed by atoms with van der Waals surface area (Å²) in [5, 5.41) is 0. The van der Waals surface area contributed by atoms with Gasteiger partial charge in [0.05, 0.1) is 5.56 Å². The van der Waals surface area contributed by atoms with Gasteiger partial charge in [-0.3, -0.25) is 0 Å². The van der Waals surface area contributed by atoms with Crippen molar-refractivity contribution in [1.29, 1.82) is 0 Å². The Kier molecular flexibility index (Phi) is 2.45. The van der Waals surface area contributed by atoms with Gasteiger partial charge in [-0.05, 0) is 34.7 Å². The number of nitrogen functional groups attached to an aromatic ring is 1. The predicted molar refractivity (Wildman–Crippen MR) is 46.4 cm³/mol. The van der Waals surface area contributed by atoms with Crippen LogP contribution in [0.2, 0.25) is 0 Å². The quantitative estimate of drug-likeness (QED) is 0.587. The highest BCUT2D eigenvalue weighted by Crippen LogP contribution is 2.32. The molecule has 1 aromatic heterocycles. The number of hydrogen-bond donors (Lipinski definition) is 1. The lowest BCUT2D eigenvalue weighted by Gasteiger charge is -2.08. The number of nitrogens with zero attached hydrogens (tertiary/aromatic N) is 1. The number of alkyl halides is 3. The fourth-order valence-electron chi connectivity index (χ4n) is 0.690. The van der Waals surface area contributed by atoms with Gasteiger partial charge in [0.25, 0.3) is 0 Å². The lowest BCUT2D eigenvalue weighted by Crippen LogP contribution is -2.10. The van der Waals surface area contributed by atoms with Gasteiger partial charge in [-0.15, -0.1) is 0 Å². The van der Waals surface area contributed by atoms with Crippen LogP contribution >= 0.6 is 22.6 Å². The molecule has 0 spiro atoms. The van der Waals surface area contributed by atoms with Crippen molar-refractivity contribution in [2.24, 2.45) is 0 Å². The first kappa shape index (κ1) is 9.56. The Balaban J connectivity index is 3.19. The molecule has 0 amide bonds. The van der Waals surface area contributed by atoms with Gasteiger partial charge in [0.1, 0.15) is 9.52 Å². The van der Waals surface area contributed by atoms with E-state index < -0.39 is 17.6 Å². The highest BCUT2D eigenvalue weighted by atomic mass is 127. The molecule has 0 aliphatic carbocycles. The normalized spacial score (nSPS) is 11.7. The van der Waals surface area contributed by atoms with E-state index in [1.807, 2.05) is 0 Å². The first-order chi connectivity index (χ1) is 5.41. The average Bonchev–Trinajstić information content (AvgIpc) is 1.83. The van der Waals surface area contributed by atoms with Crippen molar-refractivity contribution < 1.29 is 13.2 Å². The molecule has 0 bridgehead atoms. The molecular weight excluding hydrogens is 284 g/mol. The Bertz CT molecular complexity index is 297. The molecule has 0 aromatic carbocycles. The van der Waals surface area contributed by atoms with E-state index in [9.17, 15) is 13.2 Å². The second-order valence-corrected chi connectivity index (χ2v) is 3.17. The summed E-state index contributed by atoms with van der Waals surface area (Å²) in [5.41, 5.74) is 4.19. The molecule has 6 heteroatoms. The molecular formula is C6H4F3IN2. The molecule has 0 unspecified atom stereocenters. The minimum atomic E-state index is -4.42. The van der Waals surface area contributed by atoms with Crippen molar-refractivity contribution >= 4 is 28.4 Å². The molecule has 0 aliphatic rings. The first-order valence-corrected chi connectivity index (χ1v) is 3.98. The highest BCUT2D eigenvalue weighted by molar-refractivity contribution is 14.1. The van der Waals surface area contributed by atoms with Gasteiger partial charge in [0.15, 0.2) is 0 Å². The number of hydrogen-bond acceptors (Lipinski definition) is 2. The lowest BCUT2D eigenvalue weighted by atomic mass is 10.2. The Morgan fingerprint density at radius 1 is 1.33 bits per heavy atom. The fourth-order valence-corrected chi connectivity index (χ4v) is 1.13. The largest absolute Gasteiger partial charge is 0.419 e. The molecule has 1 rings (SSSR count). The van der Waals surface area contributed by atoms with Crippen LogP contribution in [0.4, 0.5) is 19.0 Å². The summed E-state index contributed by atoms with van der Waals surface area (Å²) in [6.45, 7) is 0. The molecule has 1 aromatic rings. The van der Waals surface area contributed by atoms with Gasteiger partial charge < -0.3 is 5.73 Å². The van der Waals surface area contributed by atoms with Crippen LogP contribution in [0.5, 0.6) is 0 Å². The Hall–Kier alpha value is -0.530. The molecule has 0 aliphatic heterocycles. The molecule has 0 saturated heterocycles. The van der Waals surface area contributed by atoms with Gasteiger partial charge in [0.2, 0.25) is 0 Å². The van der Waals surface area contributed by atoms with Crippen LogP contribution < -0.4 is 5.73 Å². The number of halogens is 4. The zero-order chi connectivity index (χ0) is 9.35. The molecule has 12 heavy (non-hydrogen) atoms. The second-order valence-electron chi connectivity index (χ2n) is 2.06. The van der Waals surface area contributed by atoms with Crippen molar-refractivity contribution in [2.45, 2.75) is 6.18 Å². The van der Waals surface area contributed by atoms with Crippen molar-refractivity contribution in [3.63, 3.8) is 0 Å². The zero-order valence-electron chi connectivity index (χ0n) is 5.69. The van der Waals surface area contributed by atoms with Gasteiger partial charge in [-0.25, -0.2) is 4.98 Å². The van der Waals surface area contributed by atoms with E-state index in [1.165, 1.54) is 6.07 Å². The number of nitrogens with two attached hydrogens (primary N) is 1. The summed E-state index contributed by atoms with van der Waals surface area (Å²) in [7, 11) is 0. The van der Waals surface area contributed by atoms with Gasteiger partial charge in [-0.2, -0.15) is 13.2 Å². The van der Waals surface area contributed by atoms with Crippen LogP contribution in [0.15, 0.2) is 12.1 Å². The van der Waals surface area contributed by atoms with E-state index in [2.05, 4.69) is 4.98 Å².